The Morgan fingerprint density at radius 3 is 2.35 bits per heavy atom. The van der Waals surface area contributed by atoms with E-state index in [1.54, 1.807) is 31.2 Å². The molecular weight excluding hydrogens is 382 g/mol. The van der Waals surface area contributed by atoms with Crippen LogP contribution in [0.2, 0.25) is 0 Å². The van der Waals surface area contributed by atoms with Gasteiger partial charge in [0.1, 0.15) is 0 Å². The number of benzene rings is 2. The van der Waals surface area contributed by atoms with E-state index in [1.165, 1.54) is 19.2 Å². The van der Waals surface area contributed by atoms with Crippen molar-refractivity contribution in [2.75, 3.05) is 11.8 Å². The number of rotatable bonds is 4. The summed E-state index contributed by atoms with van der Waals surface area (Å²) in [6.45, 7) is 3.54. The predicted octanol–water partition coefficient (Wildman–Crippen LogP) is 3.65. The number of methoxy groups -OCH3 is 1. The molecule has 0 heterocycles. The Bertz CT molecular complexity index is 862. The van der Waals surface area contributed by atoms with Crippen LogP contribution in [0.4, 0.5) is 5.69 Å². The average Bonchev–Trinajstić information content (AvgIpc) is 2.51. The Kier molecular flexibility index (Phi) is 5.11. The number of anilines is 1. The molecule has 23 heavy (non-hydrogen) atoms. The minimum absolute atomic E-state index is 0.176. The topological polar surface area (TPSA) is 72.5 Å². The maximum atomic E-state index is 12.5. The number of hydrogen-bond acceptors (Lipinski definition) is 4. The third-order valence-corrected chi connectivity index (χ3v) is 5.58. The number of halogens is 1. The molecule has 0 spiro atoms. The lowest BCUT2D eigenvalue weighted by molar-refractivity contribution is 0.0600. The summed E-state index contributed by atoms with van der Waals surface area (Å²) in [5.41, 5.74) is 2.24. The molecule has 2 aromatic carbocycles. The summed E-state index contributed by atoms with van der Waals surface area (Å²) in [7, 11) is -2.40. The fraction of sp³-hybridized carbons (Fsp3) is 0.188. The third kappa shape index (κ3) is 3.92. The van der Waals surface area contributed by atoms with Gasteiger partial charge < -0.3 is 4.74 Å². The van der Waals surface area contributed by atoms with Crippen LogP contribution in [0.3, 0.4) is 0 Å². The zero-order valence-electron chi connectivity index (χ0n) is 12.9. The lowest BCUT2D eigenvalue weighted by atomic mass is 10.1. The lowest BCUT2D eigenvalue weighted by Crippen LogP contribution is -2.14. The minimum Gasteiger partial charge on any atom is -0.465 e. The fourth-order valence-corrected chi connectivity index (χ4v) is 3.47. The highest BCUT2D eigenvalue weighted by Gasteiger charge is 2.17. The van der Waals surface area contributed by atoms with Gasteiger partial charge >= 0.3 is 5.97 Å². The number of nitrogens with one attached hydrogen (secondary N) is 1. The van der Waals surface area contributed by atoms with Crippen molar-refractivity contribution in [2.45, 2.75) is 18.7 Å². The maximum absolute atomic E-state index is 12.5. The molecule has 0 aliphatic carbocycles. The van der Waals surface area contributed by atoms with Gasteiger partial charge in [-0.15, -0.1) is 0 Å². The Balaban J connectivity index is 2.33. The van der Waals surface area contributed by atoms with E-state index in [0.29, 0.717) is 16.8 Å². The highest BCUT2D eigenvalue weighted by atomic mass is 79.9. The molecule has 0 fully saturated rings. The molecule has 0 unspecified atom stereocenters. The van der Waals surface area contributed by atoms with Crippen LogP contribution in [0.25, 0.3) is 0 Å². The van der Waals surface area contributed by atoms with Crippen LogP contribution in [0.5, 0.6) is 0 Å². The van der Waals surface area contributed by atoms with Crippen LogP contribution >= 0.6 is 15.9 Å². The molecule has 2 aromatic rings. The zero-order chi connectivity index (χ0) is 17.2. The van der Waals surface area contributed by atoms with Crippen molar-refractivity contribution in [3.63, 3.8) is 0 Å². The number of esters is 1. The van der Waals surface area contributed by atoms with E-state index < -0.39 is 16.0 Å². The van der Waals surface area contributed by atoms with Gasteiger partial charge in [-0.3, -0.25) is 4.72 Å². The molecule has 7 heteroatoms. The Morgan fingerprint density at radius 2 is 1.78 bits per heavy atom. The van der Waals surface area contributed by atoms with Crippen LogP contribution in [-0.4, -0.2) is 21.5 Å². The number of ether oxygens (including phenoxy) is 1. The molecule has 0 radical (unpaired) electrons. The monoisotopic (exact) mass is 397 g/mol. The van der Waals surface area contributed by atoms with Gasteiger partial charge in [0.25, 0.3) is 10.0 Å². The fourth-order valence-electron chi connectivity index (χ4n) is 2.01. The summed E-state index contributed by atoms with van der Waals surface area (Å²) in [6.07, 6.45) is 0. The van der Waals surface area contributed by atoms with Crippen LogP contribution < -0.4 is 4.72 Å². The normalized spacial score (nSPS) is 11.1. The van der Waals surface area contributed by atoms with Gasteiger partial charge in [0.05, 0.1) is 23.3 Å². The molecule has 0 saturated heterocycles. The largest absolute Gasteiger partial charge is 0.465 e. The van der Waals surface area contributed by atoms with Crippen molar-refractivity contribution in [1.82, 2.24) is 0 Å². The SMILES string of the molecule is COC(=O)c1ccc(NS(=O)(=O)c2ccc(Br)c(C)c2)c(C)c1. The van der Waals surface area contributed by atoms with Gasteiger partial charge in [-0.2, -0.15) is 0 Å². The van der Waals surface area contributed by atoms with Crippen LogP contribution in [0.1, 0.15) is 21.5 Å². The minimum atomic E-state index is -3.70. The third-order valence-electron chi connectivity index (χ3n) is 3.33. The molecule has 2 rings (SSSR count). The van der Waals surface area contributed by atoms with Crippen molar-refractivity contribution >= 4 is 37.6 Å². The van der Waals surface area contributed by atoms with E-state index in [0.717, 1.165) is 10.0 Å². The standard InChI is InChI=1S/C16H16BrNO4S/c1-10-9-13(5-6-14(10)17)23(20,21)18-15-7-4-12(8-11(15)2)16(19)22-3/h4-9,18H,1-3H3. The Labute approximate surface area is 143 Å². The molecule has 0 amide bonds. The first-order valence-corrected chi connectivity index (χ1v) is 9.00. The van der Waals surface area contributed by atoms with Crippen molar-refractivity contribution < 1.29 is 17.9 Å². The van der Waals surface area contributed by atoms with Gasteiger partial charge in [-0.25, -0.2) is 13.2 Å². The van der Waals surface area contributed by atoms with Crippen molar-refractivity contribution in [2.24, 2.45) is 0 Å². The van der Waals surface area contributed by atoms with Gasteiger partial charge in [-0.1, -0.05) is 15.9 Å². The molecule has 5 nitrogen and oxygen atoms in total. The Morgan fingerprint density at radius 1 is 1.09 bits per heavy atom. The predicted molar refractivity (Wildman–Crippen MR) is 92.2 cm³/mol. The molecule has 0 bridgehead atoms. The second kappa shape index (κ2) is 6.72. The quantitative estimate of drug-likeness (QED) is 0.798. The van der Waals surface area contributed by atoms with Gasteiger partial charge in [0.2, 0.25) is 0 Å². The van der Waals surface area contributed by atoms with Gasteiger partial charge in [0.15, 0.2) is 0 Å². The summed E-state index contributed by atoms with van der Waals surface area (Å²) in [5, 5.41) is 0. The molecule has 0 aliphatic heterocycles. The van der Waals surface area contributed by atoms with Gasteiger partial charge in [-0.05, 0) is 61.4 Å². The van der Waals surface area contributed by atoms with Crippen molar-refractivity contribution in [3.8, 4) is 0 Å². The van der Waals surface area contributed by atoms with E-state index in [-0.39, 0.29) is 4.90 Å². The van der Waals surface area contributed by atoms with E-state index in [2.05, 4.69) is 25.4 Å². The summed E-state index contributed by atoms with van der Waals surface area (Å²) < 4.78 is 33.0. The summed E-state index contributed by atoms with van der Waals surface area (Å²) in [4.78, 5) is 11.7. The number of aryl methyl sites for hydroxylation is 2. The number of carbonyl (C=O) groups is 1. The highest BCUT2D eigenvalue weighted by molar-refractivity contribution is 9.10. The number of hydrogen-bond donors (Lipinski definition) is 1. The van der Waals surface area contributed by atoms with Gasteiger partial charge in [0, 0.05) is 4.47 Å². The van der Waals surface area contributed by atoms with E-state index in [1.807, 2.05) is 6.92 Å². The number of carbonyl (C=O) groups excluding carboxylic acids is 1. The zero-order valence-corrected chi connectivity index (χ0v) is 15.3. The summed E-state index contributed by atoms with van der Waals surface area (Å²) >= 11 is 3.34. The molecular formula is C16H16BrNO4S. The first kappa shape index (κ1) is 17.5. The van der Waals surface area contributed by atoms with E-state index in [4.69, 9.17) is 0 Å². The molecule has 122 valence electrons. The van der Waals surface area contributed by atoms with Crippen LogP contribution in [-0.2, 0) is 14.8 Å². The molecule has 0 aromatic heterocycles. The lowest BCUT2D eigenvalue weighted by Gasteiger charge is -2.12. The van der Waals surface area contributed by atoms with Crippen LogP contribution in [0, 0.1) is 13.8 Å². The average molecular weight is 398 g/mol. The van der Waals surface area contributed by atoms with Crippen LogP contribution in [0.15, 0.2) is 45.8 Å². The van der Waals surface area contributed by atoms with E-state index >= 15 is 0 Å². The first-order chi connectivity index (χ1) is 10.7. The molecule has 0 atom stereocenters. The highest BCUT2D eigenvalue weighted by Crippen LogP contribution is 2.24. The molecule has 0 aliphatic rings. The summed E-state index contributed by atoms with van der Waals surface area (Å²) in [6, 6.07) is 9.45. The molecule has 1 N–H and O–H groups in total. The smallest absolute Gasteiger partial charge is 0.337 e. The second-order valence-corrected chi connectivity index (χ2v) is 7.57. The van der Waals surface area contributed by atoms with Crippen molar-refractivity contribution in [1.29, 1.82) is 0 Å². The summed E-state index contributed by atoms with van der Waals surface area (Å²) in [5.74, 6) is -0.467. The maximum Gasteiger partial charge on any atom is 0.337 e. The molecule has 0 saturated carbocycles. The van der Waals surface area contributed by atoms with Crippen molar-refractivity contribution in [3.05, 3.63) is 57.6 Å². The number of sulfonamides is 1. The second-order valence-electron chi connectivity index (χ2n) is 5.04. The Hall–Kier alpha value is -1.86. The van der Waals surface area contributed by atoms with E-state index in [9.17, 15) is 13.2 Å². The first-order valence-electron chi connectivity index (χ1n) is 6.72.